The molecule has 0 spiro atoms. The van der Waals surface area contributed by atoms with Crippen LogP contribution in [0.4, 0.5) is 0 Å². The average Bonchev–Trinajstić information content (AvgIpc) is 2.79. The predicted molar refractivity (Wildman–Crippen MR) is 129 cm³/mol. The number of hydrogen-bond acceptors (Lipinski definition) is 1. The monoisotopic (exact) mass is 413 g/mol. The van der Waals surface area contributed by atoms with E-state index >= 15 is 0 Å². The smallest absolute Gasteiger partial charge is 0.0692 e. The van der Waals surface area contributed by atoms with Crippen LogP contribution in [0.5, 0.6) is 0 Å². The molecule has 4 atom stereocenters. The molecule has 3 rings (SSSR count). The van der Waals surface area contributed by atoms with E-state index in [-0.39, 0.29) is 5.41 Å². The lowest BCUT2D eigenvalue weighted by molar-refractivity contribution is 0.0146. The Morgan fingerprint density at radius 3 is 1.97 bits per heavy atom. The van der Waals surface area contributed by atoms with Crippen LogP contribution in [0.25, 0.3) is 0 Å². The van der Waals surface area contributed by atoms with Crippen molar-refractivity contribution in [3.8, 4) is 6.07 Å². The topological polar surface area (TPSA) is 23.8 Å². The van der Waals surface area contributed by atoms with E-state index < -0.39 is 0 Å². The SMILES string of the molecule is CCCCCCC1CCC(C2CC[C@]3(C#N)C[C@H](CCCCCC)CC[C@@H]3C2)CC1. The van der Waals surface area contributed by atoms with E-state index in [0.29, 0.717) is 0 Å². The molecule has 3 aliphatic carbocycles. The Morgan fingerprint density at radius 2 is 1.33 bits per heavy atom. The van der Waals surface area contributed by atoms with Crippen molar-refractivity contribution in [2.24, 2.45) is 35.0 Å². The predicted octanol–water partition coefficient (Wildman–Crippen LogP) is 9.46. The lowest BCUT2D eigenvalue weighted by atomic mass is 9.53. The van der Waals surface area contributed by atoms with Gasteiger partial charge in [0.25, 0.3) is 0 Å². The molecule has 0 aromatic carbocycles. The Bertz CT molecular complexity index is 511. The fraction of sp³-hybridized carbons (Fsp3) is 0.966. The molecule has 30 heavy (non-hydrogen) atoms. The Labute approximate surface area is 188 Å². The van der Waals surface area contributed by atoms with Crippen molar-refractivity contribution < 1.29 is 0 Å². The van der Waals surface area contributed by atoms with Crippen molar-refractivity contribution in [3.63, 3.8) is 0 Å². The quantitative estimate of drug-likeness (QED) is 0.309. The van der Waals surface area contributed by atoms with Crippen LogP contribution < -0.4 is 0 Å². The van der Waals surface area contributed by atoms with Gasteiger partial charge in [0.15, 0.2) is 0 Å². The highest BCUT2D eigenvalue weighted by molar-refractivity contribution is 5.09. The molecule has 3 saturated carbocycles. The summed E-state index contributed by atoms with van der Waals surface area (Å²) in [6, 6.07) is 2.91. The van der Waals surface area contributed by atoms with Crippen molar-refractivity contribution in [2.75, 3.05) is 0 Å². The summed E-state index contributed by atoms with van der Waals surface area (Å²) in [5.41, 5.74) is 0.0562. The van der Waals surface area contributed by atoms with Gasteiger partial charge >= 0.3 is 0 Å². The molecule has 0 aliphatic heterocycles. The fourth-order valence-corrected chi connectivity index (χ4v) is 7.61. The van der Waals surface area contributed by atoms with Crippen LogP contribution in [0.15, 0.2) is 0 Å². The third-order valence-corrected chi connectivity index (χ3v) is 9.62. The molecule has 3 fully saturated rings. The maximum atomic E-state index is 10.2. The first-order valence-electron chi connectivity index (χ1n) is 14.1. The van der Waals surface area contributed by atoms with Crippen molar-refractivity contribution in [3.05, 3.63) is 0 Å². The second-order valence-corrected chi connectivity index (χ2v) is 11.6. The van der Waals surface area contributed by atoms with Gasteiger partial charge in [-0.2, -0.15) is 5.26 Å². The molecule has 0 bridgehead atoms. The zero-order chi connectivity index (χ0) is 21.2. The van der Waals surface area contributed by atoms with Crippen molar-refractivity contribution in [1.29, 1.82) is 5.26 Å². The molecule has 0 amide bonds. The second kappa shape index (κ2) is 12.5. The molecule has 0 saturated heterocycles. The molecule has 1 heteroatoms. The maximum absolute atomic E-state index is 10.2. The van der Waals surface area contributed by atoms with Gasteiger partial charge in [-0.15, -0.1) is 0 Å². The Morgan fingerprint density at radius 1 is 0.700 bits per heavy atom. The van der Waals surface area contributed by atoms with E-state index in [2.05, 4.69) is 19.9 Å². The van der Waals surface area contributed by atoms with Gasteiger partial charge in [-0.1, -0.05) is 97.3 Å². The largest absolute Gasteiger partial charge is 0.198 e. The number of rotatable bonds is 11. The molecule has 1 nitrogen and oxygen atoms in total. The number of unbranched alkanes of at least 4 members (excludes halogenated alkanes) is 6. The average molecular weight is 414 g/mol. The summed E-state index contributed by atoms with van der Waals surface area (Å²) >= 11 is 0. The standard InChI is InChI=1S/C29H51N/c1-3-5-7-9-11-24-13-16-26(17-14-24)27-19-20-29(23-30)22-25(12-10-8-6-4-2)15-18-28(29)21-27/h24-28H,3-22H2,1-2H3/t24?,25-,26?,27?,28-,29-/m1/s1. The minimum Gasteiger partial charge on any atom is -0.198 e. The summed E-state index contributed by atoms with van der Waals surface area (Å²) in [7, 11) is 0. The van der Waals surface area contributed by atoms with E-state index in [4.69, 9.17) is 0 Å². The Kier molecular flexibility index (Phi) is 10.1. The third-order valence-electron chi connectivity index (χ3n) is 9.62. The Balaban J connectivity index is 1.42. The molecule has 3 aliphatic rings. The zero-order valence-electron chi connectivity index (χ0n) is 20.5. The first kappa shape index (κ1) is 24.1. The second-order valence-electron chi connectivity index (χ2n) is 11.6. The minimum atomic E-state index is 0.0562. The maximum Gasteiger partial charge on any atom is 0.0692 e. The molecule has 172 valence electrons. The van der Waals surface area contributed by atoms with Gasteiger partial charge in [-0.3, -0.25) is 0 Å². The molecule has 0 aromatic rings. The summed E-state index contributed by atoms with van der Waals surface area (Å²) in [6.45, 7) is 4.62. The zero-order valence-corrected chi connectivity index (χ0v) is 20.5. The van der Waals surface area contributed by atoms with Crippen LogP contribution in [0, 0.1) is 46.3 Å². The molecule has 0 heterocycles. The van der Waals surface area contributed by atoms with E-state index in [1.807, 2.05) is 0 Å². The first-order chi connectivity index (χ1) is 14.7. The lowest BCUT2D eigenvalue weighted by Gasteiger charge is -2.50. The van der Waals surface area contributed by atoms with Crippen LogP contribution in [0.3, 0.4) is 0 Å². The summed E-state index contributed by atoms with van der Waals surface area (Å²) < 4.78 is 0. The van der Waals surface area contributed by atoms with E-state index in [1.165, 1.54) is 128 Å². The van der Waals surface area contributed by atoms with E-state index in [0.717, 1.165) is 29.6 Å². The van der Waals surface area contributed by atoms with Crippen LogP contribution in [0.1, 0.15) is 142 Å². The highest BCUT2D eigenvalue weighted by Crippen LogP contribution is 2.56. The summed E-state index contributed by atoms with van der Waals surface area (Å²) in [5, 5.41) is 10.2. The number of nitriles is 1. The number of hydrogen-bond donors (Lipinski definition) is 0. The molecule has 1 unspecified atom stereocenters. The fourth-order valence-electron chi connectivity index (χ4n) is 7.61. The van der Waals surface area contributed by atoms with Crippen LogP contribution >= 0.6 is 0 Å². The highest BCUT2D eigenvalue weighted by atomic mass is 14.5. The van der Waals surface area contributed by atoms with E-state index in [1.54, 1.807) is 0 Å². The Hall–Kier alpha value is -0.510. The molecule has 0 N–H and O–H groups in total. The van der Waals surface area contributed by atoms with Crippen molar-refractivity contribution in [2.45, 2.75) is 142 Å². The summed E-state index contributed by atoms with van der Waals surface area (Å²) in [5.74, 6) is 4.53. The molecule has 0 aromatic heterocycles. The number of fused-ring (bicyclic) bond motifs is 1. The van der Waals surface area contributed by atoms with Gasteiger partial charge < -0.3 is 0 Å². The van der Waals surface area contributed by atoms with Gasteiger partial charge in [-0.05, 0) is 74.5 Å². The van der Waals surface area contributed by atoms with Gasteiger partial charge in [0.1, 0.15) is 0 Å². The molecular weight excluding hydrogens is 362 g/mol. The minimum absolute atomic E-state index is 0.0562. The molecular formula is C29H51N. The van der Waals surface area contributed by atoms with Gasteiger partial charge in [-0.25, -0.2) is 0 Å². The summed E-state index contributed by atoms with van der Waals surface area (Å²) in [4.78, 5) is 0. The van der Waals surface area contributed by atoms with Crippen LogP contribution in [-0.4, -0.2) is 0 Å². The van der Waals surface area contributed by atoms with Crippen molar-refractivity contribution >= 4 is 0 Å². The number of nitrogens with zero attached hydrogens (tertiary/aromatic N) is 1. The third kappa shape index (κ3) is 6.50. The normalized spacial score (nSPS) is 36.8. The van der Waals surface area contributed by atoms with Gasteiger partial charge in [0.2, 0.25) is 0 Å². The summed E-state index contributed by atoms with van der Waals surface area (Å²) in [6.07, 6.45) is 28.1. The van der Waals surface area contributed by atoms with Crippen molar-refractivity contribution in [1.82, 2.24) is 0 Å². The highest BCUT2D eigenvalue weighted by Gasteiger charge is 2.48. The van der Waals surface area contributed by atoms with Gasteiger partial charge in [0, 0.05) is 0 Å². The van der Waals surface area contributed by atoms with Crippen LogP contribution in [-0.2, 0) is 0 Å². The van der Waals surface area contributed by atoms with Gasteiger partial charge in [0.05, 0.1) is 11.5 Å². The van der Waals surface area contributed by atoms with E-state index in [9.17, 15) is 5.26 Å². The lowest BCUT2D eigenvalue weighted by Crippen LogP contribution is -2.42. The molecule has 0 radical (unpaired) electrons. The van der Waals surface area contributed by atoms with Crippen LogP contribution in [0.2, 0.25) is 0 Å². The first-order valence-corrected chi connectivity index (χ1v) is 14.1.